The molecule has 0 radical (unpaired) electrons. The minimum Gasteiger partial charge on any atom is -0.481 e. The van der Waals surface area contributed by atoms with E-state index in [1.54, 1.807) is 31.5 Å². The predicted octanol–water partition coefficient (Wildman–Crippen LogP) is 3.84. The number of rotatable bonds is 6. The third kappa shape index (κ3) is 5.04. The summed E-state index contributed by atoms with van der Waals surface area (Å²) in [6, 6.07) is 13.1. The van der Waals surface area contributed by atoms with Gasteiger partial charge in [-0.05, 0) is 37.1 Å². The number of anilines is 1. The minimum absolute atomic E-state index is 0.118. The van der Waals surface area contributed by atoms with Crippen LogP contribution in [0.5, 0.6) is 5.88 Å². The van der Waals surface area contributed by atoms with Crippen LogP contribution in [0.2, 0.25) is 0 Å². The summed E-state index contributed by atoms with van der Waals surface area (Å²) >= 11 is 0. The summed E-state index contributed by atoms with van der Waals surface area (Å²) in [6.45, 7) is 2.65. The van der Waals surface area contributed by atoms with Gasteiger partial charge in [-0.3, -0.25) is 15.3 Å². The smallest absolute Gasteiger partial charge is 0.411 e. The number of nitrogens with one attached hydrogen (secondary N) is 1. The fourth-order valence-electron chi connectivity index (χ4n) is 4.15. The van der Waals surface area contributed by atoms with E-state index in [0.29, 0.717) is 22.6 Å². The van der Waals surface area contributed by atoms with E-state index in [2.05, 4.69) is 25.2 Å². The van der Waals surface area contributed by atoms with E-state index in [0.717, 1.165) is 55.6 Å². The number of aromatic nitrogens is 4. The number of para-hydroxylation sites is 2. The first-order chi connectivity index (χ1) is 16.7. The number of piperidine rings is 1. The summed E-state index contributed by atoms with van der Waals surface area (Å²) in [7, 11) is 1.55. The highest BCUT2D eigenvalue weighted by Gasteiger charge is 2.23. The highest BCUT2D eigenvalue weighted by Crippen LogP contribution is 2.23. The Morgan fingerprint density at radius 1 is 1.03 bits per heavy atom. The molecular formula is C25H26N6O3. The van der Waals surface area contributed by atoms with E-state index in [-0.39, 0.29) is 6.10 Å². The molecule has 5 rings (SSSR count). The number of nitrogens with zero attached hydrogens (tertiary/aromatic N) is 5. The van der Waals surface area contributed by atoms with Crippen molar-refractivity contribution in [1.29, 1.82) is 0 Å². The third-order valence-electron chi connectivity index (χ3n) is 6.00. The number of methoxy groups -OCH3 is 1. The maximum atomic E-state index is 12.5. The maximum absolute atomic E-state index is 12.5. The van der Waals surface area contributed by atoms with Crippen molar-refractivity contribution in [1.82, 2.24) is 24.8 Å². The maximum Gasteiger partial charge on any atom is 0.411 e. The normalized spacial score (nSPS) is 14.9. The molecule has 1 aromatic carbocycles. The fourth-order valence-corrected chi connectivity index (χ4v) is 4.15. The second-order valence-corrected chi connectivity index (χ2v) is 8.25. The highest BCUT2D eigenvalue weighted by molar-refractivity contribution is 5.96. The number of likely N-dealkylation sites (tertiary alicyclic amines) is 1. The topological polar surface area (TPSA) is 102 Å². The molecule has 9 heteroatoms. The zero-order valence-corrected chi connectivity index (χ0v) is 19.0. The van der Waals surface area contributed by atoms with Gasteiger partial charge in [-0.2, -0.15) is 0 Å². The molecule has 0 atom stereocenters. The Labute approximate surface area is 197 Å². The molecule has 3 aromatic heterocycles. The number of hydrogen-bond acceptors (Lipinski definition) is 8. The number of hydrogen-bond donors (Lipinski definition) is 1. The van der Waals surface area contributed by atoms with Crippen molar-refractivity contribution in [2.75, 3.05) is 32.1 Å². The second-order valence-electron chi connectivity index (χ2n) is 8.25. The van der Waals surface area contributed by atoms with E-state index in [1.807, 2.05) is 30.5 Å². The molecule has 0 aliphatic carbocycles. The van der Waals surface area contributed by atoms with Crippen LogP contribution in [0.25, 0.3) is 22.1 Å². The van der Waals surface area contributed by atoms with Gasteiger partial charge in [0.15, 0.2) is 0 Å². The summed E-state index contributed by atoms with van der Waals surface area (Å²) in [5.41, 5.74) is 4.61. The number of fused-ring (bicyclic) bond motifs is 2. The Bertz CT molecular complexity index is 1310. The summed E-state index contributed by atoms with van der Waals surface area (Å²) < 4.78 is 10.9. The van der Waals surface area contributed by atoms with Gasteiger partial charge < -0.3 is 14.4 Å². The lowest BCUT2D eigenvalue weighted by Crippen LogP contribution is -2.39. The van der Waals surface area contributed by atoms with Gasteiger partial charge in [0.2, 0.25) is 5.88 Å². The predicted molar refractivity (Wildman–Crippen MR) is 129 cm³/mol. The largest absolute Gasteiger partial charge is 0.481 e. The van der Waals surface area contributed by atoms with Gasteiger partial charge in [0.25, 0.3) is 0 Å². The molecule has 0 bridgehead atoms. The lowest BCUT2D eigenvalue weighted by atomic mass is 10.1. The minimum atomic E-state index is -0.484. The van der Waals surface area contributed by atoms with Crippen LogP contribution in [-0.4, -0.2) is 63.8 Å². The van der Waals surface area contributed by atoms with Gasteiger partial charge in [-0.25, -0.2) is 14.8 Å². The van der Waals surface area contributed by atoms with Crippen LogP contribution in [0.15, 0.2) is 54.9 Å². The van der Waals surface area contributed by atoms with Crippen molar-refractivity contribution >= 4 is 33.8 Å². The Morgan fingerprint density at radius 2 is 1.85 bits per heavy atom. The molecule has 1 aliphatic heterocycles. The molecule has 174 valence electrons. The first-order valence-electron chi connectivity index (χ1n) is 11.4. The SMILES string of the molecule is COc1ccc2nccc(NC(=O)OC3CCN(CCc4cnc5ccccc5n4)CC3)c2n1. The van der Waals surface area contributed by atoms with Crippen molar-refractivity contribution < 1.29 is 14.3 Å². The van der Waals surface area contributed by atoms with Crippen LogP contribution in [0.1, 0.15) is 18.5 Å². The average Bonchev–Trinajstić information content (AvgIpc) is 2.88. The monoisotopic (exact) mass is 458 g/mol. The standard InChI is InChI=1S/C25H26N6O3/c1-33-23-7-6-21-24(30-23)22(8-12-26-21)29-25(32)34-18-10-14-31(15-11-18)13-9-17-16-27-19-4-2-3-5-20(19)28-17/h2-8,12,16,18H,9-11,13-15H2,1H3,(H,26,29,32). The van der Waals surface area contributed by atoms with E-state index in [9.17, 15) is 4.79 Å². The summed E-state index contributed by atoms with van der Waals surface area (Å²) in [4.78, 5) is 32.8. The van der Waals surface area contributed by atoms with Gasteiger partial charge in [0, 0.05) is 44.5 Å². The number of carbonyl (C=O) groups excluding carboxylic acids is 1. The van der Waals surface area contributed by atoms with Crippen LogP contribution in [0, 0.1) is 0 Å². The molecule has 0 spiro atoms. The van der Waals surface area contributed by atoms with Crippen LogP contribution in [-0.2, 0) is 11.2 Å². The van der Waals surface area contributed by atoms with Crippen LogP contribution < -0.4 is 10.1 Å². The van der Waals surface area contributed by atoms with Gasteiger partial charge in [-0.1, -0.05) is 12.1 Å². The van der Waals surface area contributed by atoms with Crippen molar-refractivity contribution in [3.05, 3.63) is 60.6 Å². The van der Waals surface area contributed by atoms with Crippen molar-refractivity contribution in [3.8, 4) is 5.88 Å². The fraction of sp³-hybridized carbons (Fsp3) is 0.320. The second kappa shape index (κ2) is 9.96. The van der Waals surface area contributed by atoms with Gasteiger partial charge in [0.05, 0.1) is 35.0 Å². The third-order valence-corrected chi connectivity index (χ3v) is 6.00. The van der Waals surface area contributed by atoms with Gasteiger partial charge in [-0.15, -0.1) is 0 Å². The lowest BCUT2D eigenvalue weighted by Gasteiger charge is -2.31. The van der Waals surface area contributed by atoms with E-state index in [4.69, 9.17) is 14.5 Å². The van der Waals surface area contributed by atoms with Crippen LogP contribution in [0.3, 0.4) is 0 Å². The average molecular weight is 459 g/mol. The molecule has 0 unspecified atom stereocenters. The molecule has 9 nitrogen and oxygen atoms in total. The van der Waals surface area contributed by atoms with Gasteiger partial charge in [0.1, 0.15) is 11.6 Å². The molecule has 4 aromatic rings. The van der Waals surface area contributed by atoms with Crippen molar-refractivity contribution in [3.63, 3.8) is 0 Å². The molecule has 0 saturated carbocycles. The zero-order valence-electron chi connectivity index (χ0n) is 19.0. The number of carbonyl (C=O) groups is 1. The van der Waals surface area contributed by atoms with E-state index >= 15 is 0 Å². The van der Waals surface area contributed by atoms with E-state index < -0.39 is 6.09 Å². The Hall–Kier alpha value is -3.85. The Morgan fingerprint density at radius 3 is 2.68 bits per heavy atom. The molecular weight excluding hydrogens is 432 g/mol. The molecule has 4 heterocycles. The summed E-state index contributed by atoms with van der Waals surface area (Å²) in [5.74, 6) is 0.457. The summed E-state index contributed by atoms with van der Waals surface area (Å²) in [6.07, 6.45) is 5.31. The molecule has 1 amide bonds. The molecule has 1 saturated heterocycles. The molecule has 1 N–H and O–H groups in total. The van der Waals surface area contributed by atoms with Gasteiger partial charge >= 0.3 is 6.09 Å². The lowest BCUT2D eigenvalue weighted by molar-refractivity contribution is 0.0593. The number of benzene rings is 1. The van der Waals surface area contributed by atoms with E-state index in [1.165, 1.54) is 0 Å². The molecule has 34 heavy (non-hydrogen) atoms. The van der Waals surface area contributed by atoms with Crippen LogP contribution in [0.4, 0.5) is 10.5 Å². The number of ether oxygens (including phenoxy) is 2. The Kier molecular flexibility index (Phi) is 6.44. The number of pyridine rings is 2. The summed E-state index contributed by atoms with van der Waals surface area (Å²) in [5, 5.41) is 2.81. The zero-order chi connectivity index (χ0) is 23.3. The quantitative estimate of drug-likeness (QED) is 0.465. The molecule has 1 aliphatic rings. The number of amides is 1. The molecule has 1 fully saturated rings. The van der Waals surface area contributed by atoms with Crippen molar-refractivity contribution in [2.24, 2.45) is 0 Å². The Balaban J connectivity index is 1.11. The van der Waals surface area contributed by atoms with Crippen molar-refractivity contribution in [2.45, 2.75) is 25.4 Å². The van der Waals surface area contributed by atoms with Crippen LogP contribution >= 0.6 is 0 Å². The highest BCUT2D eigenvalue weighted by atomic mass is 16.6. The first kappa shape index (κ1) is 22.0. The first-order valence-corrected chi connectivity index (χ1v) is 11.4.